The fourth-order valence-electron chi connectivity index (χ4n) is 1.86. The minimum absolute atomic E-state index is 0.0795. The first-order chi connectivity index (χ1) is 10.0. The fraction of sp³-hybridized carbons (Fsp3) is 0.200. The van der Waals surface area contributed by atoms with Crippen LogP contribution in [0, 0.1) is 22.9 Å². The zero-order chi connectivity index (χ0) is 15.4. The standard InChI is InChI=1S/C15H13BrFNO3/c1-10-2-4-13(17)7-12(10)9-21-15-6-11(8-16)3-5-14(15)18(19)20/h2-7H,8-9H2,1H3. The monoisotopic (exact) mass is 353 g/mol. The molecule has 2 aromatic carbocycles. The Labute approximate surface area is 129 Å². The van der Waals surface area contributed by atoms with Gasteiger partial charge in [-0.2, -0.15) is 0 Å². The number of hydrogen-bond acceptors (Lipinski definition) is 3. The minimum Gasteiger partial charge on any atom is -0.482 e. The van der Waals surface area contributed by atoms with Gasteiger partial charge in [0.1, 0.15) is 12.4 Å². The lowest BCUT2D eigenvalue weighted by Gasteiger charge is -2.10. The third kappa shape index (κ3) is 3.78. The molecule has 110 valence electrons. The van der Waals surface area contributed by atoms with Crippen LogP contribution in [0.3, 0.4) is 0 Å². The molecule has 6 heteroatoms. The number of ether oxygens (including phenoxy) is 1. The molecule has 21 heavy (non-hydrogen) atoms. The Morgan fingerprint density at radius 3 is 2.71 bits per heavy atom. The van der Waals surface area contributed by atoms with Gasteiger partial charge in [-0.05, 0) is 41.8 Å². The first-order valence-corrected chi connectivity index (χ1v) is 7.34. The maximum absolute atomic E-state index is 13.2. The molecule has 2 rings (SSSR count). The van der Waals surface area contributed by atoms with Crippen LogP contribution in [0.25, 0.3) is 0 Å². The minimum atomic E-state index is -0.494. The van der Waals surface area contributed by atoms with E-state index in [1.54, 1.807) is 18.2 Å². The molecule has 0 aliphatic heterocycles. The van der Waals surface area contributed by atoms with Gasteiger partial charge >= 0.3 is 5.69 Å². The molecule has 0 heterocycles. The zero-order valence-corrected chi connectivity index (χ0v) is 12.9. The smallest absolute Gasteiger partial charge is 0.310 e. The third-order valence-electron chi connectivity index (χ3n) is 3.07. The molecule has 0 atom stereocenters. The highest BCUT2D eigenvalue weighted by molar-refractivity contribution is 9.08. The second-order valence-electron chi connectivity index (χ2n) is 4.55. The average molecular weight is 354 g/mol. The largest absolute Gasteiger partial charge is 0.482 e. The van der Waals surface area contributed by atoms with Crippen LogP contribution in [0.4, 0.5) is 10.1 Å². The predicted octanol–water partition coefficient (Wildman–Crippen LogP) is 4.52. The SMILES string of the molecule is Cc1ccc(F)cc1COc1cc(CBr)ccc1[N+](=O)[O-]. The van der Waals surface area contributed by atoms with E-state index in [9.17, 15) is 14.5 Å². The number of rotatable bonds is 5. The van der Waals surface area contributed by atoms with Crippen LogP contribution in [-0.2, 0) is 11.9 Å². The van der Waals surface area contributed by atoms with Crippen molar-refractivity contribution >= 4 is 21.6 Å². The summed E-state index contributed by atoms with van der Waals surface area (Å²) in [6.45, 7) is 1.91. The lowest BCUT2D eigenvalue weighted by atomic mass is 10.1. The Hall–Kier alpha value is -1.95. The Morgan fingerprint density at radius 2 is 2.05 bits per heavy atom. The Morgan fingerprint density at radius 1 is 1.29 bits per heavy atom. The van der Waals surface area contributed by atoms with Gasteiger partial charge in [0.2, 0.25) is 0 Å². The molecule has 0 unspecified atom stereocenters. The van der Waals surface area contributed by atoms with Crippen LogP contribution in [0.5, 0.6) is 5.75 Å². The van der Waals surface area contributed by atoms with Gasteiger partial charge in [0.15, 0.2) is 5.75 Å². The van der Waals surface area contributed by atoms with Gasteiger partial charge in [-0.15, -0.1) is 0 Å². The molecule has 0 bridgehead atoms. The fourth-order valence-corrected chi connectivity index (χ4v) is 2.21. The number of nitro groups is 1. The van der Waals surface area contributed by atoms with Crippen molar-refractivity contribution in [2.45, 2.75) is 18.9 Å². The maximum Gasteiger partial charge on any atom is 0.310 e. The molecule has 4 nitrogen and oxygen atoms in total. The first kappa shape index (κ1) is 15.4. The second-order valence-corrected chi connectivity index (χ2v) is 5.11. The number of alkyl halides is 1. The molecule has 0 saturated heterocycles. The van der Waals surface area contributed by atoms with Gasteiger partial charge in [-0.1, -0.05) is 28.1 Å². The molecule has 0 saturated carbocycles. The predicted molar refractivity (Wildman–Crippen MR) is 81.2 cm³/mol. The number of nitro benzene ring substituents is 1. The van der Waals surface area contributed by atoms with E-state index in [-0.39, 0.29) is 23.9 Å². The highest BCUT2D eigenvalue weighted by Gasteiger charge is 2.16. The van der Waals surface area contributed by atoms with E-state index < -0.39 is 4.92 Å². The normalized spacial score (nSPS) is 10.4. The Bertz CT molecular complexity index is 676. The van der Waals surface area contributed by atoms with Crippen LogP contribution in [0.2, 0.25) is 0 Å². The van der Waals surface area contributed by atoms with Crippen LogP contribution >= 0.6 is 15.9 Å². The van der Waals surface area contributed by atoms with E-state index in [2.05, 4.69) is 15.9 Å². The summed E-state index contributed by atoms with van der Waals surface area (Å²) in [5.41, 5.74) is 2.30. The number of halogens is 2. The first-order valence-electron chi connectivity index (χ1n) is 6.22. The van der Waals surface area contributed by atoms with Crippen molar-refractivity contribution in [1.29, 1.82) is 0 Å². The van der Waals surface area contributed by atoms with E-state index >= 15 is 0 Å². The number of benzene rings is 2. The summed E-state index contributed by atoms with van der Waals surface area (Å²) in [6, 6.07) is 9.07. The summed E-state index contributed by atoms with van der Waals surface area (Å²) in [4.78, 5) is 10.5. The highest BCUT2D eigenvalue weighted by Crippen LogP contribution is 2.29. The van der Waals surface area contributed by atoms with Crippen molar-refractivity contribution in [1.82, 2.24) is 0 Å². The van der Waals surface area contributed by atoms with E-state index in [1.165, 1.54) is 18.2 Å². The van der Waals surface area contributed by atoms with Gasteiger partial charge in [0, 0.05) is 11.4 Å². The summed E-state index contributed by atoms with van der Waals surface area (Å²) < 4.78 is 18.8. The van der Waals surface area contributed by atoms with Crippen molar-refractivity contribution in [3.63, 3.8) is 0 Å². The lowest BCUT2D eigenvalue weighted by molar-refractivity contribution is -0.386. The Kier molecular flexibility index (Phi) is 4.90. The van der Waals surface area contributed by atoms with E-state index in [0.29, 0.717) is 10.9 Å². The number of nitrogens with zero attached hydrogens (tertiary/aromatic N) is 1. The molecular weight excluding hydrogens is 341 g/mol. The number of hydrogen-bond donors (Lipinski definition) is 0. The molecule has 0 fully saturated rings. The summed E-state index contributed by atoms with van der Waals surface area (Å²) >= 11 is 3.30. The van der Waals surface area contributed by atoms with Crippen molar-refractivity contribution in [3.8, 4) is 5.75 Å². The van der Waals surface area contributed by atoms with Gasteiger partial charge in [-0.3, -0.25) is 10.1 Å². The van der Waals surface area contributed by atoms with Gasteiger partial charge in [0.05, 0.1) is 4.92 Å². The summed E-state index contributed by atoms with van der Waals surface area (Å²) in [7, 11) is 0. The highest BCUT2D eigenvalue weighted by atomic mass is 79.9. The molecular formula is C15H13BrFNO3. The summed E-state index contributed by atoms with van der Waals surface area (Å²) in [5.74, 6) is -0.177. The molecule has 0 aliphatic rings. The molecule has 0 amide bonds. The second kappa shape index (κ2) is 6.67. The molecule has 0 aliphatic carbocycles. The molecule has 0 radical (unpaired) electrons. The van der Waals surface area contributed by atoms with Gasteiger partial charge in [0.25, 0.3) is 0 Å². The molecule has 0 spiro atoms. The van der Waals surface area contributed by atoms with E-state index in [4.69, 9.17) is 4.74 Å². The molecule has 2 aromatic rings. The Balaban J connectivity index is 2.26. The van der Waals surface area contributed by atoms with Crippen molar-refractivity contribution in [2.75, 3.05) is 0 Å². The van der Waals surface area contributed by atoms with Crippen LogP contribution in [0.1, 0.15) is 16.7 Å². The lowest BCUT2D eigenvalue weighted by Crippen LogP contribution is -2.01. The topological polar surface area (TPSA) is 52.4 Å². The maximum atomic E-state index is 13.2. The van der Waals surface area contributed by atoms with E-state index in [0.717, 1.165) is 11.1 Å². The van der Waals surface area contributed by atoms with Crippen LogP contribution < -0.4 is 4.74 Å². The summed E-state index contributed by atoms with van der Waals surface area (Å²) in [6.07, 6.45) is 0. The summed E-state index contributed by atoms with van der Waals surface area (Å²) in [5, 5.41) is 11.6. The van der Waals surface area contributed by atoms with E-state index in [1.807, 2.05) is 6.92 Å². The molecule has 0 N–H and O–H groups in total. The molecule has 0 aromatic heterocycles. The average Bonchev–Trinajstić information content (AvgIpc) is 2.47. The van der Waals surface area contributed by atoms with Gasteiger partial charge < -0.3 is 4.74 Å². The third-order valence-corrected chi connectivity index (χ3v) is 3.72. The van der Waals surface area contributed by atoms with Crippen LogP contribution in [0.15, 0.2) is 36.4 Å². The quantitative estimate of drug-likeness (QED) is 0.451. The van der Waals surface area contributed by atoms with Crippen molar-refractivity contribution in [3.05, 3.63) is 69.0 Å². The van der Waals surface area contributed by atoms with Gasteiger partial charge in [-0.25, -0.2) is 4.39 Å². The van der Waals surface area contributed by atoms with Crippen LogP contribution in [-0.4, -0.2) is 4.92 Å². The number of aryl methyl sites for hydroxylation is 1. The van der Waals surface area contributed by atoms with Crippen molar-refractivity contribution in [2.24, 2.45) is 0 Å². The zero-order valence-electron chi connectivity index (χ0n) is 11.3. The van der Waals surface area contributed by atoms with Crippen molar-refractivity contribution < 1.29 is 14.1 Å².